The number of nitrogens with one attached hydrogen (secondary N) is 2. The maximum atomic E-state index is 14.6. The van der Waals surface area contributed by atoms with Crippen molar-refractivity contribution in [3.63, 3.8) is 0 Å². The van der Waals surface area contributed by atoms with Crippen LogP contribution in [0.25, 0.3) is 0 Å². The fraction of sp³-hybridized carbons (Fsp3) is 0.467. The standard InChI is InChI=1S/C30H35F2N5O6.ClH/c1-42-17-23-25(27(38)43-2)26(18-6-7-21(31)22(32)15-18)37(28(39)35-23)29(40)36(20-10-14-33-16-20)19-8-11-30(41,12-9-19)24-5-3-4-13-34-24;/h3-7,13,15,19-20,26,33,41H,8-12,14,16-17H2,1-2H3,(H,35,39);1H/t19-,20-,26+,30-;/m1./s1. The van der Waals surface area contributed by atoms with Crippen molar-refractivity contribution in [2.24, 2.45) is 0 Å². The molecular weight excluding hydrogens is 600 g/mol. The highest BCUT2D eigenvalue weighted by atomic mass is 35.5. The molecule has 1 saturated heterocycles. The van der Waals surface area contributed by atoms with Crippen LogP contribution < -0.4 is 10.6 Å². The predicted octanol–water partition coefficient (Wildman–Crippen LogP) is 3.54. The summed E-state index contributed by atoms with van der Waals surface area (Å²) in [6.45, 7) is 0.930. The molecule has 0 spiro atoms. The van der Waals surface area contributed by atoms with Crippen molar-refractivity contribution in [2.75, 3.05) is 33.9 Å². The van der Waals surface area contributed by atoms with Crippen molar-refractivity contribution in [2.45, 2.75) is 55.8 Å². The lowest BCUT2D eigenvalue weighted by molar-refractivity contribution is -0.137. The number of aromatic nitrogens is 1. The number of aliphatic hydroxyl groups is 1. The number of urea groups is 2. The maximum absolute atomic E-state index is 14.6. The summed E-state index contributed by atoms with van der Waals surface area (Å²) in [5.41, 5.74) is -0.686. The third-order valence-corrected chi connectivity index (χ3v) is 8.46. The van der Waals surface area contributed by atoms with Crippen LogP contribution in [0.15, 0.2) is 53.9 Å². The van der Waals surface area contributed by atoms with Crippen molar-refractivity contribution in [3.8, 4) is 0 Å². The lowest BCUT2D eigenvalue weighted by Crippen LogP contribution is -2.60. The van der Waals surface area contributed by atoms with Crippen molar-refractivity contribution < 1.29 is 37.7 Å². The number of ether oxygens (including phenoxy) is 2. The minimum Gasteiger partial charge on any atom is -0.466 e. The van der Waals surface area contributed by atoms with Crippen LogP contribution in [0.1, 0.15) is 49.4 Å². The molecule has 0 radical (unpaired) electrons. The minimum absolute atomic E-state index is 0. The van der Waals surface area contributed by atoms with Crippen molar-refractivity contribution in [1.82, 2.24) is 25.4 Å². The molecule has 3 heterocycles. The fourth-order valence-electron chi connectivity index (χ4n) is 6.33. The minimum atomic E-state index is -1.43. The average molecular weight is 636 g/mol. The van der Waals surface area contributed by atoms with Gasteiger partial charge in [0.15, 0.2) is 11.6 Å². The van der Waals surface area contributed by atoms with E-state index in [1.165, 1.54) is 13.2 Å². The van der Waals surface area contributed by atoms with Crippen LogP contribution in [-0.2, 0) is 19.9 Å². The number of hydrogen-bond acceptors (Lipinski definition) is 8. The Morgan fingerprint density at radius 3 is 2.45 bits per heavy atom. The summed E-state index contributed by atoms with van der Waals surface area (Å²) in [7, 11) is 2.51. The molecule has 3 N–H and O–H groups in total. The van der Waals surface area contributed by atoms with E-state index in [2.05, 4.69) is 15.6 Å². The Kier molecular flexibility index (Phi) is 10.6. The highest BCUT2D eigenvalue weighted by Gasteiger charge is 2.48. The molecule has 2 atom stereocenters. The molecule has 2 fully saturated rings. The zero-order valence-electron chi connectivity index (χ0n) is 24.4. The highest BCUT2D eigenvalue weighted by molar-refractivity contribution is 6.02. The van der Waals surface area contributed by atoms with Gasteiger partial charge in [-0.1, -0.05) is 12.1 Å². The van der Waals surface area contributed by atoms with Crippen molar-refractivity contribution in [3.05, 3.63) is 76.8 Å². The van der Waals surface area contributed by atoms with Gasteiger partial charge in [0, 0.05) is 31.9 Å². The SMILES string of the molecule is COCC1=C(C(=O)OC)[C@H](c2ccc(F)c(F)c2)N(C(=O)N([C@@H]2CCNC2)[C@H]2CC[C@@](O)(c3ccccn3)CC2)C(=O)N1.Cl. The zero-order valence-corrected chi connectivity index (χ0v) is 25.2. The molecule has 4 amide bonds. The first kappa shape index (κ1) is 33.2. The number of esters is 1. The molecule has 2 aliphatic heterocycles. The quantitative estimate of drug-likeness (QED) is 0.394. The number of nitrogens with zero attached hydrogens (tertiary/aromatic N) is 3. The molecule has 238 valence electrons. The third kappa shape index (κ3) is 6.41. The van der Waals surface area contributed by atoms with Gasteiger partial charge in [0.1, 0.15) is 11.6 Å². The van der Waals surface area contributed by atoms with E-state index in [1.807, 2.05) is 6.07 Å². The molecular formula is C30H36ClF2N5O6. The van der Waals surface area contributed by atoms with Crippen LogP contribution in [0.5, 0.6) is 0 Å². The number of methoxy groups -OCH3 is 2. The molecule has 1 aliphatic carbocycles. The Balaban J connectivity index is 0.00000442. The van der Waals surface area contributed by atoms with Gasteiger partial charge in [-0.05, 0) is 68.5 Å². The second kappa shape index (κ2) is 14.0. The van der Waals surface area contributed by atoms with Crippen LogP contribution in [0.2, 0.25) is 0 Å². The Bertz CT molecular complexity index is 1400. The first-order valence-corrected chi connectivity index (χ1v) is 14.2. The summed E-state index contributed by atoms with van der Waals surface area (Å²) in [6, 6.07) is 4.69. The average Bonchev–Trinajstić information content (AvgIpc) is 3.54. The second-order valence-electron chi connectivity index (χ2n) is 11.0. The molecule has 0 bridgehead atoms. The van der Waals surface area contributed by atoms with Crippen molar-refractivity contribution >= 4 is 30.4 Å². The number of carbonyl (C=O) groups is 3. The van der Waals surface area contributed by atoms with Gasteiger partial charge in [0.25, 0.3) is 0 Å². The van der Waals surface area contributed by atoms with Gasteiger partial charge in [0.05, 0.1) is 30.7 Å². The largest absolute Gasteiger partial charge is 0.466 e. The molecule has 44 heavy (non-hydrogen) atoms. The number of rotatable bonds is 7. The van der Waals surface area contributed by atoms with Gasteiger partial charge in [-0.2, -0.15) is 0 Å². The Morgan fingerprint density at radius 1 is 1.11 bits per heavy atom. The molecule has 3 aliphatic rings. The molecule has 14 heteroatoms. The first-order chi connectivity index (χ1) is 20.7. The van der Waals surface area contributed by atoms with E-state index in [4.69, 9.17) is 9.47 Å². The van der Waals surface area contributed by atoms with Crippen LogP contribution in [0.3, 0.4) is 0 Å². The summed E-state index contributed by atoms with van der Waals surface area (Å²) >= 11 is 0. The molecule has 0 unspecified atom stereocenters. The Morgan fingerprint density at radius 2 is 1.86 bits per heavy atom. The normalized spacial score (nSPS) is 25.2. The van der Waals surface area contributed by atoms with Gasteiger partial charge >= 0.3 is 18.0 Å². The van der Waals surface area contributed by atoms with Gasteiger partial charge in [-0.15, -0.1) is 12.4 Å². The number of amides is 4. The smallest absolute Gasteiger partial charge is 0.338 e. The summed E-state index contributed by atoms with van der Waals surface area (Å²) in [4.78, 5) is 48.3. The van der Waals surface area contributed by atoms with Gasteiger partial charge < -0.3 is 30.1 Å². The molecule has 11 nitrogen and oxygen atoms in total. The number of halogens is 3. The lowest BCUT2D eigenvalue weighted by atomic mass is 9.79. The Labute approximate surface area is 260 Å². The van der Waals surface area contributed by atoms with Gasteiger partial charge in [-0.3, -0.25) is 4.98 Å². The van der Waals surface area contributed by atoms with Gasteiger partial charge in [-0.25, -0.2) is 28.1 Å². The van der Waals surface area contributed by atoms with E-state index in [-0.39, 0.29) is 47.9 Å². The van der Waals surface area contributed by atoms with E-state index in [0.29, 0.717) is 50.9 Å². The third-order valence-electron chi connectivity index (χ3n) is 8.46. The lowest BCUT2D eigenvalue weighted by Gasteiger charge is -2.46. The second-order valence-corrected chi connectivity index (χ2v) is 11.0. The van der Waals surface area contributed by atoms with Crippen LogP contribution in [0, 0.1) is 11.6 Å². The van der Waals surface area contributed by atoms with E-state index >= 15 is 0 Å². The summed E-state index contributed by atoms with van der Waals surface area (Å²) in [5.74, 6) is -3.19. The number of pyridine rings is 1. The van der Waals surface area contributed by atoms with E-state index in [0.717, 1.165) is 24.1 Å². The summed E-state index contributed by atoms with van der Waals surface area (Å²) < 4.78 is 38.7. The maximum Gasteiger partial charge on any atom is 0.338 e. The first-order valence-electron chi connectivity index (χ1n) is 14.2. The Hall–Kier alpha value is -3.65. The molecule has 1 aromatic carbocycles. The monoisotopic (exact) mass is 635 g/mol. The van der Waals surface area contributed by atoms with E-state index in [9.17, 15) is 28.3 Å². The fourth-order valence-corrected chi connectivity index (χ4v) is 6.33. The van der Waals surface area contributed by atoms with E-state index in [1.54, 1.807) is 23.2 Å². The molecule has 5 rings (SSSR count). The predicted molar refractivity (Wildman–Crippen MR) is 157 cm³/mol. The number of hydrogen-bond donors (Lipinski definition) is 3. The molecule has 1 saturated carbocycles. The van der Waals surface area contributed by atoms with Crippen LogP contribution in [-0.4, -0.2) is 83.9 Å². The number of imide groups is 1. The van der Waals surface area contributed by atoms with Crippen molar-refractivity contribution in [1.29, 1.82) is 0 Å². The molecule has 2 aromatic rings. The zero-order chi connectivity index (χ0) is 30.7. The molecule has 1 aromatic heterocycles. The summed E-state index contributed by atoms with van der Waals surface area (Å²) in [6.07, 6.45) is 3.76. The highest BCUT2D eigenvalue weighted by Crippen LogP contribution is 2.41. The number of benzene rings is 1. The van der Waals surface area contributed by atoms with E-state index < -0.39 is 41.3 Å². The summed E-state index contributed by atoms with van der Waals surface area (Å²) in [5, 5.41) is 17.2. The van der Waals surface area contributed by atoms with Crippen LogP contribution in [0.4, 0.5) is 18.4 Å². The van der Waals surface area contributed by atoms with Crippen LogP contribution >= 0.6 is 12.4 Å². The van der Waals surface area contributed by atoms with Gasteiger partial charge in [0.2, 0.25) is 0 Å². The number of carbonyl (C=O) groups excluding carboxylic acids is 3. The topological polar surface area (TPSA) is 133 Å².